The standard InChI is InChI=1S/C32H41NO4/c1-5-6-10-20-36-31-30(35-21-19-24-11-8-7-9-12-24)28-22-26(15-18-29(28)37-32(31,2)3)33-23-25-13-16-27(34-4)17-14-25/h7-9,11-18,22,30-31,33H,5-6,10,19-21,23H2,1-4H3. The van der Waals surface area contributed by atoms with E-state index in [2.05, 4.69) is 74.6 Å². The minimum atomic E-state index is -0.505. The topological polar surface area (TPSA) is 49.0 Å². The van der Waals surface area contributed by atoms with Crippen molar-refractivity contribution in [1.82, 2.24) is 0 Å². The maximum Gasteiger partial charge on any atom is 0.132 e. The molecule has 4 rings (SSSR count). The zero-order chi connectivity index (χ0) is 26.1. The molecule has 0 aromatic heterocycles. The maximum atomic E-state index is 6.62. The van der Waals surface area contributed by atoms with E-state index in [4.69, 9.17) is 18.9 Å². The van der Waals surface area contributed by atoms with Gasteiger partial charge in [0.15, 0.2) is 0 Å². The van der Waals surface area contributed by atoms with Crippen LogP contribution in [0.25, 0.3) is 0 Å². The number of hydrogen-bond acceptors (Lipinski definition) is 5. The number of methoxy groups -OCH3 is 1. The zero-order valence-corrected chi connectivity index (χ0v) is 22.7. The van der Waals surface area contributed by atoms with Gasteiger partial charge < -0.3 is 24.3 Å². The largest absolute Gasteiger partial charge is 0.497 e. The lowest BCUT2D eigenvalue weighted by atomic mass is 9.87. The number of ether oxygens (including phenoxy) is 4. The predicted octanol–water partition coefficient (Wildman–Crippen LogP) is 7.35. The SMILES string of the molecule is CCCCCOC1C(OCCc2ccccc2)c2cc(NCc3ccc(OC)cc3)ccc2OC1(C)C. The molecule has 2 atom stereocenters. The summed E-state index contributed by atoms with van der Waals surface area (Å²) in [4.78, 5) is 0. The summed E-state index contributed by atoms with van der Waals surface area (Å²) in [5.41, 5.74) is 4.01. The monoisotopic (exact) mass is 503 g/mol. The van der Waals surface area contributed by atoms with Crippen molar-refractivity contribution < 1.29 is 18.9 Å². The Balaban J connectivity index is 1.53. The summed E-state index contributed by atoms with van der Waals surface area (Å²) in [6, 6.07) is 24.9. The molecule has 1 heterocycles. The Hall–Kier alpha value is -3.02. The molecule has 198 valence electrons. The van der Waals surface area contributed by atoms with E-state index in [-0.39, 0.29) is 12.2 Å². The van der Waals surface area contributed by atoms with Crippen LogP contribution in [0.1, 0.15) is 62.8 Å². The van der Waals surface area contributed by atoms with Gasteiger partial charge in [-0.3, -0.25) is 0 Å². The summed E-state index contributed by atoms with van der Waals surface area (Å²) < 4.78 is 24.9. The Kier molecular flexibility index (Phi) is 9.48. The second-order valence-electron chi connectivity index (χ2n) is 10.2. The fourth-order valence-corrected chi connectivity index (χ4v) is 4.77. The second-order valence-corrected chi connectivity index (χ2v) is 10.2. The third kappa shape index (κ3) is 7.27. The van der Waals surface area contributed by atoms with Crippen molar-refractivity contribution in [3.05, 3.63) is 89.5 Å². The molecule has 0 saturated heterocycles. The van der Waals surface area contributed by atoms with Crippen molar-refractivity contribution in [2.75, 3.05) is 25.6 Å². The van der Waals surface area contributed by atoms with Gasteiger partial charge in [-0.1, -0.05) is 62.2 Å². The number of rotatable bonds is 13. The molecule has 0 aliphatic carbocycles. The van der Waals surface area contributed by atoms with E-state index in [0.29, 0.717) is 19.8 Å². The van der Waals surface area contributed by atoms with Gasteiger partial charge in [0.25, 0.3) is 0 Å². The molecule has 0 bridgehead atoms. The summed E-state index contributed by atoms with van der Waals surface area (Å²) in [7, 11) is 1.68. The molecule has 37 heavy (non-hydrogen) atoms. The summed E-state index contributed by atoms with van der Waals surface area (Å²) >= 11 is 0. The molecule has 0 radical (unpaired) electrons. The average molecular weight is 504 g/mol. The summed E-state index contributed by atoms with van der Waals surface area (Å²) in [6.45, 7) is 8.44. The van der Waals surface area contributed by atoms with E-state index in [1.807, 2.05) is 24.3 Å². The quantitative estimate of drug-likeness (QED) is 0.247. The van der Waals surface area contributed by atoms with Gasteiger partial charge in [0.2, 0.25) is 0 Å². The highest BCUT2D eigenvalue weighted by atomic mass is 16.6. The lowest BCUT2D eigenvalue weighted by Gasteiger charge is -2.44. The van der Waals surface area contributed by atoms with E-state index in [1.54, 1.807) is 7.11 Å². The molecule has 0 fully saturated rings. The first-order chi connectivity index (χ1) is 18.0. The van der Waals surface area contributed by atoms with Crippen LogP contribution in [-0.2, 0) is 22.4 Å². The average Bonchev–Trinajstić information content (AvgIpc) is 2.91. The van der Waals surface area contributed by atoms with Crippen LogP contribution in [-0.4, -0.2) is 32.0 Å². The van der Waals surface area contributed by atoms with Gasteiger partial charge in [-0.15, -0.1) is 0 Å². The van der Waals surface area contributed by atoms with E-state index < -0.39 is 5.60 Å². The van der Waals surface area contributed by atoms with E-state index in [1.165, 1.54) is 11.1 Å². The summed E-state index contributed by atoms with van der Waals surface area (Å²) in [6.07, 6.45) is 3.79. The number of hydrogen-bond donors (Lipinski definition) is 1. The number of nitrogens with one attached hydrogen (secondary N) is 1. The highest BCUT2D eigenvalue weighted by Crippen LogP contribution is 2.44. The predicted molar refractivity (Wildman–Crippen MR) is 150 cm³/mol. The van der Waals surface area contributed by atoms with Gasteiger partial charge in [-0.2, -0.15) is 0 Å². The van der Waals surface area contributed by atoms with Crippen molar-refractivity contribution in [3.8, 4) is 11.5 Å². The summed E-state index contributed by atoms with van der Waals surface area (Å²) in [5, 5.41) is 3.55. The van der Waals surface area contributed by atoms with Gasteiger partial charge in [0, 0.05) is 24.4 Å². The molecule has 1 aliphatic rings. The van der Waals surface area contributed by atoms with Crippen molar-refractivity contribution in [2.24, 2.45) is 0 Å². The molecule has 5 heteroatoms. The van der Waals surface area contributed by atoms with Crippen LogP contribution in [0.3, 0.4) is 0 Å². The molecule has 0 saturated carbocycles. The van der Waals surface area contributed by atoms with Crippen LogP contribution < -0.4 is 14.8 Å². The van der Waals surface area contributed by atoms with Crippen LogP contribution >= 0.6 is 0 Å². The molecule has 0 spiro atoms. The van der Waals surface area contributed by atoms with Crippen molar-refractivity contribution in [3.63, 3.8) is 0 Å². The zero-order valence-electron chi connectivity index (χ0n) is 22.7. The first-order valence-corrected chi connectivity index (χ1v) is 13.5. The van der Waals surface area contributed by atoms with Crippen LogP contribution in [0.2, 0.25) is 0 Å². The number of fused-ring (bicyclic) bond motifs is 1. The minimum Gasteiger partial charge on any atom is -0.497 e. The van der Waals surface area contributed by atoms with Crippen molar-refractivity contribution >= 4 is 5.69 Å². The molecule has 2 unspecified atom stereocenters. The molecular weight excluding hydrogens is 462 g/mol. The Bertz CT molecular complexity index is 1100. The van der Waals surface area contributed by atoms with Gasteiger partial charge >= 0.3 is 0 Å². The lowest BCUT2D eigenvalue weighted by Crippen LogP contribution is -2.51. The highest BCUT2D eigenvalue weighted by molar-refractivity contribution is 5.54. The van der Waals surface area contributed by atoms with E-state index in [0.717, 1.165) is 48.4 Å². The first kappa shape index (κ1) is 27.0. The summed E-state index contributed by atoms with van der Waals surface area (Å²) in [5.74, 6) is 1.72. The van der Waals surface area contributed by atoms with Gasteiger partial charge in [-0.05, 0) is 68.1 Å². The Morgan fingerprint density at radius 1 is 0.865 bits per heavy atom. The Morgan fingerprint density at radius 3 is 2.38 bits per heavy atom. The highest BCUT2D eigenvalue weighted by Gasteiger charge is 2.45. The van der Waals surface area contributed by atoms with Crippen LogP contribution in [0.5, 0.6) is 11.5 Å². The first-order valence-electron chi connectivity index (χ1n) is 13.5. The van der Waals surface area contributed by atoms with Gasteiger partial charge in [-0.25, -0.2) is 0 Å². The van der Waals surface area contributed by atoms with Crippen LogP contribution in [0.4, 0.5) is 5.69 Å². The Labute approximate surface area is 222 Å². The molecule has 3 aromatic carbocycles. The number of unbranched alkanes of at least 4 members (excludes halogenated alkanes) is 2. The third-order valence-electron chi connectivity index (χ3n) is 6.88. The number of anilines is 1. The lowest BCUT2D eigenvalue weighted by molar-refractivity contribution is -0.162. The van der Waals surface area contributed by atoms with Crippen LogP contribution in [0, 0.1) is 0 Å². The van der Waals surface area contributed by atoms with E-state index in [9.17, 15) is 0 Å². The van der Waals surface area contributed by atoms with Crippen LogP contribution in [0.15, 0.2) is 72.8 Å². The minimum absolute atomic E-state index is 0.204. The molecule has 5 nitrogen and oxygen atoms in total. The van der Waals surface area contributed by atoms with Gasteiger partial charge in [0.05, 0.1) is 13.7 Å². The molecular formula is C32H41NO4. The second kappa shape index (κ2) is 13.0. The van der Waals surface area contributed by atoms with E-state index >= 15 is 0 Å². The smallest absolute Gasteiger partial charge is 0.132 e. The van der Waals surface area contributed by atoms with Crippen molar-refractivity contribution in [2.45, 2.75) is 70.8 Å². The number of benzene rings is 3. The molecule has 3 aromatic rings. The Morgan fingerprint density at radius 2 is 1.65 bits per heavy atom. The van der Waals surface area contributed by atoms with Crippen molar-refractivity contribution in [1.29, 1.82) is 0 Å². The third-order valence-corrected chi connectivity index (χ3v) is 6.88. The van der Waals surface area contributed by atoms with Gasteiger partial charge in [0.1, 0.15) is 29.3 Å². The molecule has 1 aliphatic heterocycles. The fourth-order valence-electron chi connectivity index (χ4n) is 4.77. The fraction of sp³-hybridized carbons (Fsp3) is 0.438. The molecule has 0 amide bonds. The molecule has 1 N–H and O–H groups in total. The normalized spacial score (nSPS) is 18.1. The maximum absolute atomic E-state index is 6.62.